The quantitative estimate of drug-likeness (QED) is 0.239. The van der Waals surface area contributed by atoms with Crippen molar-refractivity contribution in [2.45, 2.75) is 25.7 Å². The number of carbonyl (C=O) groups is 2. The van der Waals surface area contributed by atoms with Gasteiger partial charge in [0.2, 0.25) is 0 Å². The maximum absolute atomic E-state index is 14.9. The molecule has 5 nitrogen and oxygen atoms in total. The Labute approximate surface area is 235 Å². The fraction of sp³-hybridized carbons (Fsp3) is 0.375. The first-order valence-electron chi connectivity index (χ1n) is 13.4. The number of phenolic OH excluding ortho intramolecular Hbond substituents is 1. The van der Waals surface area contributed by atoms with E-state index in [0.717, 1.165) is 25.9 Å². The number of halogens is 2. The Morgan fingerprint density at radius 1 is 0.949 bits per heavy atom. The SMILES string of the molecule is Cc1c(F)cccc1[C@@H]1[C@@H](C(=O)c2cccc(O)c2)CN(CCCCN(C)C)C[C@H]1C(=O)c1cccc(Cl)c1. The van der Waals surface area contributed by atoms with E-state index in [4.69, 9.17) is 11.6 Å². The van der Waals surface area contributed by atoms with Crippen LogP contribution in [0.1, 0.15) is 50.6 Å². The Balaban J connectivity index is 1.79. The minimum Gasteiger partial charge on any atom is -0.508 e. The number of hydrogen-bond acceptors (Lipinski definition) is 5. The van der Waals surface area contributed by atoms with E-state index in [2.05, 4.69) is 9.80 Å². The molecule has 39 heavy (non-hydrogen) atoms. The third kappa shape index (κ3) is 6.93. The molecule has 3 atom stereocenters. The third-order valence-corrected chi connectivity index (χ3v) is 7.92. The van der Waals surface area contributed by atoms with Gasteiger partial charge in [-0.1, -0.05) is 48.0 Å². The molecule has 1 N–H and O–H groups in total. The van der Waals surface area contributed by atoms with Gasteiger partial charge in [0, 0.05) is 47.0 Å². The topological polar surface area (TPSA) is 60.9 Å². The van der Waals surface area contributed by atoms with Crippen LogP contribution in [0.5, 0.6) is 5.75 Å². The van der Waals surface area contributed by atoms with Gasteiger partial charge in [0.05, 0.1) is 0 Å². The zero-order valence-electron chi connectivity index (χ0n) is 22.7. The van der Waals surface area contributed by atoms with Crippen molar-refractivity contribution in [3.05, 3.63) is 99.8 Å². The first kappa shape index (κ1) is 28.9. The average molecular weight is 551 g/mol. The molecule has 1 saturated heterocycles. The van der Waals surface area contributed by atoms with Crippen molar-refractivity contribution in [3.8, 4) is 5.75 Å². The number of phenols is 1. The van der Waals surface area contributed by atoms with Gasteiger partial charge in [-0.25, -0.2) is 4.39 Å². The molecule has 1 aliphatic heterocycles. The summed E-state index contributed by atoms with van der Waals surface area (Å²) in [6.07, 6.45) is 1.92. The molecule has 1 fully saturated rings. The lowest BCUT2D eigenvalue weighted by Gasteiger charge is -2.43. The second-order valence-corrected chi connectivity index (χ2v) is 11.2. The highest BCUT2D eigenvalue weighted by atomic mass is 35.5. The van der Waals surface area contributed by atoms with E-state index < -0.39 is 17.8 Å². The number of unbranched alkanes of at least 4 members (excludes halogenated alkanes) is 1. The van der Waals surface area contributed by atoms with Gasteiger partial charge in [0.15, 0.2) is 11.6 Å². The molecule has 1 heterocycles. The predicted octanol–water partition coefficient (Wildman–Crippen LogP) is 6.23. The highest BCUT2D eigenvalue weighted by molar-refractivity contribution is 6.31. The van der Waals surface area contributed by atoms with Gasteiger partial charge in [-0.3, -0.25) is 9.59 Å². The Morgan fingerprint density at radius 3 is 2.18 bits per heavy atom. The Bertz CT molecular complexity index is 1260. The zero-order chi connectivity index (χ0) is 28.1. The molecule has 0 aromatic heterocycles. The second kappa shape index (κ2) is 12.9. The molecule has 1 aliphatic rings. The van der Waals surface area contributed by atoms with Crippen molar-refractivity contribution in [1.82, 2.24) is 9.80 Å². The molecule has 3 aromatic carbocycles. The lowest BCUT2D eigenvalue weighted by Crippen LogP contribution is -2.50. The van der Waals surface area contributed by atoms with Crippen LogP contribution in [-0.4, -0.2) is 66.7 Å². The predicted molar refractivity (Wildman–Crippen MR) is 153 cm³/mol. The summed E-state index contributed by atoms with van der Waals surface area (Å²) in [4.78, 5) is 32.5. The molecule has 0 radical (unpaired) electrons. The van der Waals surface area contributed by atoms with Crippen molar-refractivity contribution in [3.63, 3.8) is 0 Å². The summed E-state index contributed by atoms with van der Waals surface area (Å²) in [6.45, 7) is 4.30. The van der Waals surface area contributed by atoms with Crippen LogP contribution in [-0.2, 0) is 0 Å². The molecule has 0 aliphatic carbocycles. The standard InChI is InChI=1S/C32H36ClFN2O3/c1-21-26(13-8-14-29(21)34)30-27(31(38)22-9-6-11-24(33)17-22)19-36(16-5-4-15-35(2)3)20-28(30)32(39)23-10-7-12-25(37)18-23/h6-14,17-18,27-28,30,37H,4-5,15-16,19-20H2,1-3H3/t27-,28+,30+/m1/s1. The molecule has 0 saturated carbocycles. The molecule has 0 amide bonds. The van der Waals surface area contributed by atoms with E-state index >= 15 is 0 Å². The molecule has 0 unspecified atom stereocenters. The van der Waals surface area contributed by atoms with E-state index in [-0.39, 0.29) is 23.1 Å². The van der Waals surface area contributed by atoms with E-state index in [1.54, 1.807) is 49.4 Å². The van der Waals surface area contributed by atoms with Crippen LogP contribution >= 0.6 is 11.6 Å². The van der Waals surface area contributed by atoms with Gasteiger partial charge in [0.1, 0.15) is 11.6 Å². The minimum atomic E-state index is -0.608. The fourth-order valence-corrected chi connectivity index (χ4v) is 5.91. The number of likely N-dealkylation sites (tertiary alicyclic amines) is 1. The number of ketones is 2. The van der Waals surface area contributed by atoms with Gasteiger partial charge in [-0.15, -0.1) is 0 Å². The second-order valence-electron chi connectivity index (χ2n) is 10.8. The van der Waals surface area contributed by atoms with Crippen LogP contribution in [0.2, 0.25) is 5.02 Å². The van der Waals surface area contributed by atoms with E-state index in [0.29, 0.717) is 40.4 Å². The smallest absolute Gasteiger partial charge is 0.167 e. The molecule has 0 bridgehead atoms. The van der Waals surface area contributed by atoms with Crippen molar-refractivity contribution in [2.75, 3.05) is 40.3 Å². The molecule has 0 spiro atoms. The maximum atomic E-state index is 14.9. The molecule has 3 aromatic rings. The first-order valence-corrected chi connectivity index (χ1v) is 13.8. The van der Waals surface area contributed by atoms with Crippen LogP contribution in [0.15, 0.2) is 66.7 Å². The third-order valence-electron chi connectivity index (χ3n) is 7.69. The summed E-state index contributed by atoms with van der Waals surface area (Å²) in [5.41, 5.74) is 1.97. The molecular formula is C32H36ClFN2O3. The molecule has 206 valence electrons. The number of piperidine rings is 1. The number of rotatable bonds is 10. The summed E-state index contributed by atoms with van der Waals surface area (Å²) in [5, 5.41) is 10.6. The number of benzene rings is 3. The lowest BCUT2D eigenvalue weighted by atomic mass is 9.67. The fourth-order valence-electron chi connectivity index (χ4n) is 5.72. The van der Waals surface area contributed by atoms with Crippen molar-refractivity contribution in [1.29, 1.82) is 0 Å². The summed E-state index contributed by atoms with van der Waals surface area (Å²) < 4.78 is 14.9. The number of Topliss-reactive ketones (excluding diaryl/α,β-unsaturated/α-hetero) is 2. The summed E-state index contributed by atoms with van der Waals surface area (Å²) >= 11 is 6.25. The van der Waals surface area contributed by atoms with Gasteiger partial charge >= 0.3 is 0 Å². The molecule has 4 rings (SSSR count). The number of carbonyl (C=O) groups excluding carboxylic acids is 2. The van der Waals surface area contributed by atoms with Gasteiger partial charge in [0.25, 0.3) is 0 Å². The van der Waals surface area contributed by atoms with Crippen molar-refractivity contribution >= 4 is 23.2 Å². The summed E-state index contributed by atoms with van der Waals surface area (Å²) in [6, 6.07) is 18.0. The van der Waals surface area contributed by atoms with E-state index in [9.17, 15) is 19.1 Å². The van der Waals surface area contributed by atoms with E-state index in [1.807, 2.05) is 20.2 Å². The molecule has 7 heteroatoms. The highest BCUT2D eigenvalue weighted by Crippen LogP contribution is 2.42. The largest absolute Gasteiger partial charge is 0.508 e. The number of nitrogens with zero attached hydrogens (tertiary/aromatic N) is 2. The van der Waals surface area contributed by atoms with E-state index in [1.165, 1.54) is 18.2 Å². The number of aromatic hydroxyl groups is 1. The average Bonchev–Trinajstić information content (AvgIpc) is 2.91. The normalized spacial score (nSPS) is 19.8. The molecular weight excluding hydrogens is 515 g/mol. The van der Waals surface area contributed by atoms with Gasteiger partial charge in [-0.05, 0) is 88.4 Å². The summed E-state index contributed by atoms with van der Waals surface area (Å²) in [5.74, 6) is -2.38. The Kier molecular flexibility index (Phi) is 9.54. The lowest BCUT2D eigenvalue weighted by molar-refractivity contribution is 0.0567. The van der Waals surface area contributed by atoms with Crippen molar-refractivity contribution < 1.29 is 19.1 Å². The van der Waals surface area contributed by atoms with Crippen LogP contribution in [0.25, 0.3) is 0 Å². The number of hydrogen-bond donors (Lipinski definition) is 1. The van der Waals surface area contributed by atoms with Crippen LogP contribution in [0.3, 0.4) is 0 Å². The monoisotopic (exact) mass is 550 g/mol. The zero-order valence-corrected chi connectivity index (χ0v) is 23.5. The summed E-state index contributed by atoms with van der Waals surface area (Å²) in [7, 11) is 4.08. The first-order chi connectivity index (χ1) is 18.7. The Morgan fingerprint density at radius 2 is 1.56 bits per heavy atom. The van der Waals surface area contributed by atoms with Crippen LogP contribution in [0, 0.1) is 24.6 Å². The minimum absolute atomic E-state index is 0.00207. The van der Waals surface area contributed by atoms with Gasteiger partial charge in [-0.2, -0.15) is 0 Å². The highest BCUT2D eigenvalue weighted by Gasteiger charge is 2.45. The van der Waals surface area contributed by atoms with Crippen molar-refractivity contribution in [2.24, 2.45) is 11.8 Å². The maximum Gasteiger partial charge on any atom is 0.167 e. The van der Waals surface area contributed by atoms with Gasteiger partial charge < -0.3 is 14.9 Å². The van der Waals surface area contributed by atoms with Crippen LogP contribution in [0.4, 0.5) is 4.39 Å². The Hall–Kier alpha value is -3.06. The van der Waals surface area contributed by atoms with Crippen LogP contribution < -0.4 is 0 Å².